The van der Waals surface area contributed by atoms with Crippen LogP contribution < -0.4 is 10.6 Å². The van der Waals surface area contributed by atoms with E-state index in [1.165, 1.54) is 12.8 Å². The summed E-state index contributed by atoms with van der Waals surface area (Å²) in [7, 11) is 4.29. The van der Waals surface area contributed by atoms with Gasteiger partial charge < -0.3 is 15.5 Å². The quantitative estimate of drug-likeness (QED) is 0.822. The molecule has 1 aromatic rings. The maximum absolute atomic E-state index is 6.24. The molecule has 94 valence electrons. The van der Waals surface area contributed by atoms with E-state index in [0.717, 1.165) is 29.5 Å². The van der Waals surface area contributed by atoms with Crippen LogP contribution in [0.15, 0.2) is 18.2 Å². The number of anilines is 2. The maximum Gasteiger partial charge on any atom is 0.0660 e. The summed E-state index contributed by atoms with van der Waals surface area (Å²) in [6.07, 6.45) is 2.38. The molecule has 0 amide bonds. The summed E-state index contributed by atoms with van der Waals surface area (Å²) >= 11 is 6.24. The van der Waals surface area contributed by atoms with Crippen LogP contribution in [0.25, 0.3) is 0 Å². The van der Waals surface area contributed by atoms with Gasteiger partial charge in [-0.15, -0.1) is 0 Å². The smallest absolute Gasteiger partial charge is 0.0660 e. The fourth-order valence-electron chi connectivity index (χ4n) is 2.39. The molecule has 0 saturated carbocycles. The van der Waals surface area contributed by atoms with Crippen LogP contribution in [0.2, 0.25) is 5.02 Å². The third-order valence-corrected chi connectivity index (χ3v) is 3.89. The molecule has 1 fully saturated rings. The van der Waals surface area contributed by atoms with Gasteiger partial charge in [-0.25, -0.2) is 0 Å². The topological polar surface area (TPSA) is 32.5 Å². The third kappa shape index (κ3) is 2.85. The number of nitrogens with zero attached hydrogens (tertiary/aromatic N) is 2. The molecule has 1 aromatic carbocycles. The fourth-order valence-corrected chi connectivity index (χ4v) is 2.71. The highest BCUT2D eigenvalue weighted by molar-refractivity contribution is 6.33. The molecule has 2 rings (SSSR count). The van der Waals surface area contributed by atoms with E-state index in [0.29, 0.717) is 6.04 Å². The second-order valence-electron chi connectivity index (χ2n) is 4.86. The van der Waals surface area contributed by atoms with Gasteiger partial charge in [0.1, 0.15) is 0 Å². The van der Waals surface area contributed by atoms with Crippen LogP contribution in [0.1, 0.15) is 12.8 Å². The van der Waals surface area contributed by atoms with Crippen LogP contribution in [-0.4, -0.2) is 38.1 Å². The van der Waals surface area contributed by atoms with Crippen molar-refractivity contribution in [2.75, 3.05) is 37.8 Å². The van der Waals surface area contributed by atoms with E-state index < -0.39 is 0 Å². The second-order valence-corrected chi connectivity index (χ2v) is 5.26. The molecular weight excluding hydrogens is 234 g/mol. The van der Waals surface area contributed by atoms with Crippen LogP contribution in [0.4, 0.5) is 11.4 Å². The van der Waals surface area contributed by atoms with Crippen LogP contribution in [0, 0.1) is 0 Å². The Morgan fingerprint density at radius 3 is 2.59 bits per heavy atom. The van der Waals surface area contributed by atoms with Crippen LogP contribution in [-0.2, 0) is 0 Å². The van der Waals surface area contributed by atoms with Crippen molar-refractivity contribution in [3.63, 3.8) is 0 Å². The lowest BCUT2D eigenvalue weighted by Gasteiger charge is -2.36. The zero-order valence-corrected chi connectivity index (χ0v) is 11.2. The Balaban J connectivity index is 2.11. The number of nitrogens with two attached hydrogens (primary N) is 1. The minimum atomic E-state index is 0.576. The number of hydrogen-bond acceptors (Lipinski definition) is 3. The van der Waals surface area contributed by atoms with Crippen molar-refractivity contribution in [1.29, 1.82) is 0 Å². The Labute approximate surface area is 108 Å². The summed E-state index contributed by atoms with van der Waals surface area (Å²) in [6, 6.07) is 6.32. The molecule has 0 atom stereocenters. The predicted octanol–water partition coefficient (Wildman–Crippen LogP) is 2.45. The van der Waals surface area contributed by atoms with E-state index >= 15 is 0 Å². The number of hydrogen-bond donors (Lipinski definition) is 1. The highest BCUT2D eigenvalue weighted by atomic mass is 35.5. The lowest BCUT2D eigenvalue weighted by Crippen LogP contribution is -2.42. The van der Waals surface area contributed by atoms with Crippen molar-refractivity contribution in [1.82, 2.24) is 4.90 Å². The van der Waals surface area contributed by atoms with E-state index in [9.17, 15) is 0 Å². The summed E-state index contributed by atoms with van der Waals surface area (Å²) < 4.78 is 0. The first-order valence-electron chi connectivity index (χ1n) is 6.04. The fraction of sp³-hybridized carbons (Fsp3) is 0.538. The molecule has 1 saturated heterocycles. The molecule has 1 aliphatic heterocycles. The van der Waals surface area contributed by atoms with E-state index in [-0.39, 0.29) is 0 Å². The number of benzene rings is 1. The molecular formula is C13H20ClN3. The average molecular weight is 254 g/mol. The minimum Gasteiger partial charge on any atom is -0.399 e. The lowest BCUT2D eigenvalue weighted by molar-refractivity contribution is 0.253. The maximum atomic E-state index is 6.24. The average Bonchev–Trinajstić information content (AvgIpc) is 2.29. The van der Waals surface area contributed by atoms with Gasteiger partial charge in [0.05, 0.1) is 10.7 Å². The van der Waals surface area contributed by atoms with Gasteiger partial charge in [0.2, 0.25) is 0 Å². The number of likely N-dealkylation sites (tertiary alicyclic amines) is 1. The largest absolute Gasteiger partial charge is 0.399 e. The first-order valence-corrected chi connectivity index (χ1v) is 6.42. The van der Waals surface area contributed by atoms with E-state index in [4.69, 9.17) is 17.3 Å². The van der Waals surface area contributed by atoms with E-state index in [2.05, 4.69) is 23.9 Å². The molecule has 0 aromatic heterocycles. The summed E-state index contributed by atoms with van der Waals surface area (Å²) in [6.45, 7) is 2.31. The Morgan fingerprint density at radius 2 is 2.00 bits per heavy atom. The molecule has 17 heavy (non-hydrogen) atoms. The van der Waals surface area contributed by atoms with Crippen molar-refractivity contribution in [3.05, 3.63) is 23.2 Å². The molecule has 0 radical (unpaired) electrons. The zero-order valence-electron chi connectivity index (χ0n) is 10.5. The van der Waals surface area contributed by atoms with E-state index in [1.54, 1.807) is 0 Å². The van der Waals surface area contributed by atoms with Gasteiger partial charge in [-0.2, -0.15) is 0 Å². The Bertz CT molecular complexity index is 386. The number of halogens is 1. The number of piperidine rings is 1. The molecule has 4 heteroatoms. The molecule has 3 nitrogen and oxygen atoms in total. The lowest BCUT2D eigenvalue weighted by atomic mass is 10.0. The number of rotatable bonds is 2. The molecule has 0 spiro atoms. The number of nitrogen functional groups attached to an aromatic ring is 1. The molecule has 1 heterocycles. The normalized spacial score (nSPS) is 18.3. The van der Waals surface area contributed by atoms with Crippen LogP contribution in [0.3, 0.4) is 0 Å². The van der Waals surface area contributed by atoms with Gasteiger partial charge in [-0.05, 0) is 51.2 Å². The minimum absolute atomic E-state index is 0.576. The molecule has 0 unspecified atom stereocenters. The Morgan fingerprint density at radius 1 is 1.35 bits per heavy atom. The van der Waals surface area contributed by atoms with Crippen molar-refractivity contribution in [3.8, 4) is 0 Å². The highest BCUT2D eigenvalue weighted by Gasteiger charge is 2.21. The van der Waals surface area contributed by atoms with Crippen molar-refractivity contribution >= 4 is 23.0 Å². The third-order valence-electron chi connectivity index (χ3n) is 3.59. The summed E-state index contributed by atoms with van der Waals surface area (Å²) in [4.78, 5) is 4.66. The van der Waals surface area contributed by atoms with Gasteiger partial charge in [0.15, 0.2) is 0 Å². The first-order chi connectivity index (χ1) is 8.08. The highest BCUT2D eigenvalue weighted by Crippen LogP contribution is 2.30. The first kappa shape index (κ1) is 12.5. The standard InChI is InChI=1S/C13H20ClN3/c1-16-7-5-11(6-8-16)17(2)13-4-3-10(15)9-12(13)14/h3-4,9,11H,5-8,15H2,1-2H3. The zero-order chi connectivity index (χ0) is 12.4. The monoisotopic (exact) mass is 253 g/mol. The van der Waals surface area contributed by atoms with Crippen molar-refractivity contribution < 1.29 is 0 Å². The van der Waals surface area contributed by atoms with Gasteiger partial charge in [0, 0.05) is 18.8 Å². The summed E-state index contributed by atoms with van der Waals surface area (Å²) in [5, 5.41) is 0.742. The summed E-state index contributed by atoms with van der Waals surface area (Å²) in [5.74, 6) is 0. The Hall–Kier alpha value is -0.930. The Kier molecular flexibility index (Phi) is 3.79. The van der Waals surface area contributed by atoms with Gasteiger partial charge >= 0.3 is 0 Å². The van der Waals surface area contributed by atoms with Gasteiger partial charge in [-0.3, -0.25) is 0 Å². The second kappa shape index (κ2) is 5.15. The van der Waals surface area contributed by atoms with Crippen LogP contribution in [0.5, 0.6) is 0 Å². The van der Waals surface area contributed by atoms with Gasteiger partial charge in [0.25, 0.3) is 0 Å². The molecule has 2 N–H and O–H groups in total. The molecule has 0 aliphatic carbocycles. The van der Waals surface area contributed by atoms with Crippen molar-refractivity contribution in [2.45, 2.75) is 18.9 Å². The van der Waals surface area contributed by atoms with Crippen molar-refractivity contribution in [2.24, 2.45) is 0 Å². The molecule has 1 aliphatic rings. The SMILES string of the molecule is CN1CCC(N(C)c2ccc(N)cc2Cl)CC1. The van der Waals surface area contributed by atoms with Gasteiger partial charge in [-0.1, -0.05) is 11.6 Å². The summed E-state index contributed by atoms with van der Waals surface area (Å²) in [5.41, 5.74) is 7.51. The van der Waals surface area contributed by atoms with E-state index in [1.807, 2.05) is 18.2 Å². The molecule has 0 bridgehead atoms. The van der Waals surface area contributed by atoms with Crippen LogP contribution >= 0.6 is 11.6 Å². The predicted molar refractivity (Wildman–Crippen MR) is 74.8 cm³/mol.